The third kappa shape index (κ3) is 5.21. The minimum Gasteiger partial charge on any atom is -0.353 e. The molecule has 0 bridgehead atoms. The lowest BCUT2D eigenvalue weighted by atomic mass is 10.0. The number of hydrogen-bond donors (Lipinski definition) is 1. The van der Waals surface area contributed by atoms with Crippen LogP contribution in [-0.2, 0) is 0 Å². The highest BCUT2D eigenvalue weighted by Crippen LogP contribution is 2.22. The van der Waals surface area contributed by atoms with Crippen LogP contribution in [0.4, 0.5) is 5.82 Å². The number of carbonyl (C=O) groups excluding carboxylic acids is 1. The second-order valence-corrected chi connectivity index (χ2v) is 9.61. The summed E-state index contributed by atoms with van der Waals surface area (Å²) >= 11 is 0. The molecule has 4 heterocycles. The fourth-order valence-electron chi connectivity index (χ4n) is 5.40. The number of nitrogens with zero attached hydrogens (tertiary/aromatic N) is 5. The molecule has 3 saturated heterocycles. The van der Waals surface area contributed by atoms with Crippen LogP contribution in [-0.4, -0.2) is 97.6 Å². The Hall–Kier alpha value is -2.48. The molecule has 0 radical (unpaired) electrons. The SMILES string of the molecule is CN1CCC(N2CCN(C(=O)c3cccc(N4CCN[C@H](c5ccccc5)C4)n3)CC2)CC1. The molecule has 1 aromatic carbocycles. The number of aromatic nitrogens is 1. The molecule has 7 nitrogen and oxygen atoms in total. The lowest BCUT2D eigenvalue weighted by Gasteiger charge is -2.42. The maximum atomic E-state index is 13.3. The Morgan fingerprint density at radius 2 is 1.67 bits per heavy atom. The fourth-order valence-corrected chi connectivity index (χ4v) is 5.40. The molecular formula is C26H36N6O. The number of carbonyl (C=O) groups is 1. The smallest absolute Gasteiger partial charge is 0.272 e. The van der Waals surface area contributed by atoms with Gasteiger partial charge in [0.1, 0.15) is 11.5 Å². The third-order valence-electron chi connectivity index (χ3n) is 7.46. The van der Waals surface area contributed by atoms with Gasteiger partial charge < -0.3 is 20.0 Å². The van der Waals surface area contributed by atoms with Gasteiger partial charge in [-0.3, -0.25) is 9.69 Å². The van der Waals surface area contributed by atoms with E-state index < -0.39 is 0 Å². The Morgan fingerprint density at radius 1 is 0.909 bits per heavy atom. The number of likely N-dealkylation sites (tertiary alicyclic amines) is 1. The first-order chi connectivity index (χ1) is 16.2. The van der Waals surface area contributed by atoms with Crippen molar-refractivity contribution in [3.8, 4) is 0 Å². The lowest BCUT2D eigenvalue weighted by Crippen LogP contribution is -2.54. The molecular weight excluding hydrogens is 412 g/mol. The molecule has 0 aliphatic carbocycles. The predicted molar refractivity (Wildman–Crippen MR) is 132 cm³/mol. The first-order valence-corrected chi connectivity index (χ1v) is 12.4. The normalized spacial score (nSPS) is 23.6. The zero-order valence-electron chi connectivity index (χ0n) is 19.7. The molecule has 3 aliphatic rings. The Kier molecular flexibility index (Phi) is 6.90. The van der Waals surface area contributed by atoms with Gasteiger partial charge in [-0.2, -0.15) is 0 Å². The Labute approximate surface area is 197 Å². The molecule has 0 unspecified atom stereocenters. The van der Waals surface area contributed by atoms with Gasteiger partial charge in [0.2, 0.25) is 0 Å². The summed E-state index contributed by atoms with van der Waals surface area (Å²) in [6.45, 7) is 8.52. The zero-order valence-corrected chi connectivity index (χ0v) is 19.7. The molecule has 1 aromatic heterocycles. The minimum absolute atomic E-state index is 0.0645. The molecule has 1 N–H and O–H groups in total. The van der Waals surface area contributed by atoms with Gasteiger partial charge in [-0.05, 0) is 50.7 Å². The van der Waals surface area contributed by atoms with Crippen molar-refractivity contribution < 1.29 is 4.79 Å². The number of piperidine rings is 1. The quantitative estimate of drug-likeness (QED) is 0.773. The predicted octanol–water partition coefficient (Wildman–Crippen LogP) is 2.08. The molecule has 3 aliphatic heterocycles. The van der Waals surface area contributed by atoms with Crippen LogP contribution in [0.3, 0.4) is 0 Å². The molecule has 5 rings (SSSR count). The molecule has 2 aromatic rings. The van der Waals surface area contributed by atoms with Gasteiger partial charge >= 0.3 is 0 Å². The zero-order chi connectivity index (χ0) is 22.6. The maximum absolute atomic E-state index is 13.3. The van der Waals surface area contributed by atoms with Gasteiger partial charge in [0.15, 0.2) is 0 Å². The summed E-state index contributed by atoms with van der Waals surface area (Å²) in [5, 5.41) is 3.61. The lowest BCUT2D eigenvalue weighted by molar-refractivity contribution is 0.0471. The van der Waals surface area contributed by atoms with E-state index in [4.69, 9.17) is 4.98 Å². The van der Waals surface area contributed by atoms with E-state index in [0.717, 1.165) is 51.6 Å². The third-order valence-corrected chi connectivity index (χ3v) is 7.46. The Morgan fingerprint density at radius 3 is 2.42 bits per heavy atom. The van der Waals surface area contributed by atoms with Crippen molar-refractivity contribution in [3.63, 3.8) is 0 Å². The topological polar surface area (TPSA) is 55.0 Å². The molecule has 0 saturated carbocycles. The highest BCUT2D eigenvalue weighted by Gasteiger charge is 2.29. The molecule has 1 atom stereocenters. The van der Waals surface area contributed by atoms with Crippen molar-refractivity contribution >= 4 is 11.7 Å². The van der Waals surface area contributed by atoms with E-state index in [2.05, 4.69) is 51.3 Å². The summed E-state index contributed by atoms with van der Waals surface area (Å²) < 4.78 is 0. The maximum Gasteiger partial charge on any atom is 0.272 e. The van der Waals surface area contributed by atoms with Crippen LogP contribution in [0.5, 0.6) is 0 Å². The number of pyridine rings is 1. The first kappa shape index (κ1) is 22.3. The van der Waals surface area contributed by atoms with Gasteiger partial charge in [0.25, 0.3) is 5.91 Å². The largest absolute Gasteiger partial charge is 0.353 e. The van der Waals surface area contributed by atoms with Crippen LogP contribution in [0.15, 0.2) is 48.5 Å². The number of amides is 1. The van der Waals surface area contributed by atoms with Crippen LogP contribution in [0.25, 0.3) is 0 Å². The van der Waals surface area contributed by atoms with Crippen molar-refractivity contribution in [2.45, 2.75) is 24.9 Å². The van der Waals surface area contributed by atoms with Crippen molar-refractivity contribution in [3.05, 3.63) is 59.8 Å². The summed E-state index contributed by atoms with van der Waals surface area (Å²) in [6.07, 6.45) is 2.48. The molecule has 1 amide bonds. The van der Waals surface area contributed by atoms with Gasteiger partial charge in [0.05, 0.1) is 0 Å². The standard InChI is InChI=1S/C26H36N6O/c1-29-13-10-22(11-14-29)30-16-18-31(19-17-30)26(33)23-8-5-9-25(28-23)32-15-12-27-24(20-32)21-6-3-2-4-7-21/h2-9,22,24,27H,10-20H2,1H3/t24-/m0/s1. The number of hydrogen-bond acceptors (Lipinski definition) is 6. The summed E-state index contributed by atoms with van der Waals surface area (Å²) in [5.74, 6) is 0.961. The van der Waals surface area contributed by atoms with E-state index in [1.807, 2.05) is 29.2 Å². The van der Waals surface area contributed by atoms with Gasteiger partial charge in [0, 0.05) is 57.9 Å². The van der Waals surface area contributed by atoms with Crippen molar-refractivity contribution in [1.29, 1.82) is 0 Å². The monoisotopic (exact) mass is 448 g/mol. The number of nitrogens with one attached hydrogen (secondary N) is 1. The van der Waals surface area contributed by atoms with Gasteiger partial charge in [-0.15, -0.1) is 0 Å². The summed E-state index contributed by atoms with van der Waals surface area (Å²) in [7, 11) is 2.20. The molecule has 176 valence electrons. The average molecular weight is 449 g/mol. The van der Waals surface area contributed by atoms with Crippen LogP contribution in [0, 0.1) is 0 Å². The summed E-state index contributed by atoms with van der Waals surface area (Å²) in [4.78, 5) is 27.3. The number of rotatable bonds is 4. The van der Waals surface area contributed by atoms with E-state index in [0.29, 0.717) is 11.7 Å². The van der Waals surface area contributed by atoms with Gasteiger partial charge in [-0.25, -0.2) is 4.98 Å². The first-order valence-electron chi connectivity index (χ1n) is 12.4. The molecule has 0 spiro atoms. The fraction of sp³-hybridized carbons (Fsp3) is 0.538. The second-order valence-electron chi connectivity index (χ2n) is 9.61. The minimum atomic E-state index is 0.0645. The van der Waals surface area contributed by atoms with Crippen molar-refractivity contribution in [2.75, 3.05) is 70.9 Å². The van der Waals surface area contributed by atoms with E-state index in [1.54, 1.807) is 0 Å². The Balaban J connectivity index is 1.20. The van der Waals surface area contributed by atoms with Crippen LogP contribution in [0.2, 0.25) is 0 Å². The molecule has 3 fully saturated rings. The van der Waals surface area contributed by atoms with E-state index >= 15 is 0 Å². The summed E-state index contributed by atoms with van der Waals surface area (Å²) in [6, 6.07) is 17.4. The molecule has 7 heteroatoms. The Bertz CT molecular complexity index is 921. The van der Waals surface area contributed by atoms with Crippen molar-refractivity contribution in [1.82, 2.24) is 25.0 Å². The van der Waals surface area contributed by atoms with Crippen LogP contribution < -0.4 is 10.2 Å². The highest BCUT2D eigenvalue weighted by atomic mass is 16.2. The van der Waals surface area contributed by atoms with E-state index in [9.17, 15) is 4.79 Å². The van der Waals surface area contributed by atoms with Crippen molar-refractivity contribution in [2.24, 2.45) is 0 Å². The average Bonchev–Trinajstić information content (AvgIpc) is 2.89. The number of piperazine rings is 2. The van der Waals surface area contributed by atoms with Crippen LogP contribution >= 0.6 is 0 Å². The van der Waals surface area contributed by atoms with Crippen LogP contribution in [0.1, 0.15) is 34.9 Å². The highest BCUT2D eigenvalue weighted by molar-refractivity contribution is 5.92. The molecule has 33 heavy (non-hydrogen) atoms. The number of anilines is 1. The van der Waals surface area contributed by atoms with Gasteiger partial charge in [-0.1, -0.05) is 36.4 Å². The number of benzene rings is 1. The van der Waals surface area contributed by atoms with E-state index in [1.165, 1.54) is 31.5 Å². The van der Waals surface area contributed by atoms with E-state index in [-0.39, 0.29) is 11.9 Å². The second kappa shape index (κ2) is 10.2. The summed E-state index contributed by atoms with van der Waals surface area (Å²) in [5.41, 5.74) is 1.85.